The van der Waals surface area contributed by atoms with Gasteiger partial charge < -0.3 is 19.3 Å². The van der Waals surface area contributed by atoms with Crippen molar-refractivity contribution >= 4 is 0 Å². The monoisotopic (exact) mass is 458 g/mol. The zero-order valence-corrected chi connectivity index (χ0v) is 19.5. The lowest BCUT2D eigenvalue weighted by Gasteiger charge is -2.25. The summed E-state index contributed by atoms with van der Waals surface area (Å²) in [6.07, 6.45) is 0. The van der Waals surface area contributed by atoms with Crippen LogP contribution in [0.2, 0.25) is 0 Å². The topological polar surface area (TPSA) is 47.9 Å². The van der Waals surface area contributed by atoms with Crippen LogP contribution in [-0.2, 0) is 13.3 Å². The largest absolute Gasteiger partial charge is 0.497 e. The summed E-state index contributed by atoms with van der Waals surface area (Å²) in [6, 6.07) is 24.7. The minimum absolute atomic E-state index is 0.0667. The van der Waals surface area contributed by atoms with E-state index in [4.69, 9.17) is 14.2 Å². The molecule has 0 radical (unpaired) electrons. The van der Waals surface area contributed by atoms with E-state index < -0.39 is 6.67 Å². The molecule has 0 saturated heterocycles. The number of aliphatic hydroxyl groups excluding tert-OH is 1. The summed E-state index contributed by atoms with van der Waals surface area (Å²) in [5.74, 6) is 1.71. The fourth-order valence-electron chi connectivity index (χ4n) is 4.32. The number of halogens is 1. The second-order valence-corrected chi connectivity index (χ2v) is 7.75. The summed E-state index contributed by atoms with van der Waals surface area (Å²) in [7, 11) is 4.77. The predicted octanol–water partition coefficient (Wildman–Crippen LogP) is 6.68. The molecule has 0 aliphatic heterocycles. The molecule has 0 amide bonds. The van der Waals surface area contributed by atoms with Gasteiger partial charge in [0.05, 0.1) is 27.9 Å². The highest BCUT2D eigenvalue weighted by Gasteiger charge is 2.28. The number of rotatable bonds is 8. The molecule has 0 aromatic heterocycles. The summed E-state index contributed by atoms with van der Waals surface area (Å²) in [4.78, 5) is 0. The van der Waals surface area contributed by atoms with Crippen molar-refractivity contribution in [2.24, 2.45) is 0 Å². The van der Waals surface area contributed by atoms with Crippen molar-refractivity contribution in [2.75, 3.05) is 21.3 Å². The van der Waals surface area contributed by atoms with E-state index in [-0.39, 0.29) is 6.61 Å². The lowest BCUT2D eigenvalue weighted by Crippen LogP contribution is -2.04. The van der Waals surface area contributed by atoms with Crippen LogP contribution in [0.1, 0.15) is 11.1 Å². The average Bonchev–Trinajstić information content (AvgIpc) is 2.91. The minimum atomic E-state index is -0.704. The van der Waals surface area contributed by atoms with E-state index in [9.17, 15) is 9.50 Å². The molecule has 4 rings (SSSR count). The van der Waals surface area contributed by atoms with Gasteiger partial charge in [-0.15, -0.1) is 0 Å². The van der Waals surface area contributed by atoms with E-state index in [1.807, 2.05) is 78.9 Å². The molecule has 0 unspecified atom stereocenters. The van der Waals surface area contributed by atoms with Crippen LogP contribution in [-0.4, -0.2) is 26.4 Å². The van der Waals surface area contributed by atoms with Crippen LogP contribution >= 0.6 is 0 Å². The number of ether oxygens (including phenoxy) is 3. The molecule has 0 saturated carbocycles. The SMILES string of the molecule is COc1ccc(-c2c(OC)c(OC)c(-c3ccccc3)c(CF)c2-c2ccc(CO)cc2)cc1. The zero-order chi connectivity index (χ0) is 24.1. The highest BCUT2D eigenvalue weighted by Crippen LogP contribution is 2.53. The van der Waals surface area contributed by atoms with Gasteiger partial charge in [-0.1, -0.05) is 66.7 Å². The Morgan fingerprint density at radius 1 is 0.618 bits per heavy atom. The van der Waals surface area contributed by atoms with Gasteiger partial charge in [0.1, 0.15) is 12.4 Å². The Hall–Kier alpha value is -3.83. The first-order chi connectivity index (χ1) is 16.7. The van der Waals surface area contributed by atoms with E-state index in [0.29, 0.717) is 28.2 Å². The van der Waals surface area contributed by atoms with Crippen LogP contribution < -0.4 is 14.2 Å². The maximum absolute atomic E-state index is 15.0. The van der Waals surface area contributed by atoms with Gasteiger partial charge in [0.2, 0.25) is 0 Å². The predicted molar refractivity (Wildman–Crippen MR) is 133 cm³/mol. The molecule has 0 spiro atoms. The summed E-state index contributed by atoms with van der Waals surface area (Å²) in [5, 5.41) is 9.52. The van der Waals surface area contributed by atoms with Gasteiger partial charge in [-0.2, -0.15) is 0 Å². The Morgan fingerprint density at radius 2 is 1.15 bits per heavy atom. The van der Waals surface area contributed by atoms with E-state index >= 15 is 0 Å². The first-order valence-electron chi connectivity index (χ1n) is 10.9. The second kappa shape index (κ2) is 10.4. The van der Waals surface area contributed by atoms with Gasteiger partial charge >= 0.3 is 0 Å². The van der Waals surface area contributed by atoms with Crippen molar-refractivity contribution in [1.29, 1.82) is 0 Å². The highest BCUT2D eigenvalue weighted by atomic mass is 19.1. The molecule has 1 N–H and O–H groups in total. The Bertz CT molecular complexity index is 1250. The van der Waals surface area contributed by atoms with Crippen LogP contribution in [0.4, 0.5) is 4.39 Å². The quantitative estimate of drug-likeness (QED) is 0.320. The van der Waals surface area contributed by atoms with Gasteiger partial charge in [-0.05, 0) is 39.9 Å². The van der Waals surface area contributed by atoms with Crippen molar-refractivity contribution in [1.82, 2.24) is 0 Å². The Labute approximate surface area is 199 Å². The number of hydrogen-bond acceptors (Lipinski definition) is 4. The van der Waals surface area contributed by atoms with Crippen LogP contribution in [0, 0.1) is 0 Å². The van der Waals surface area contributed by atoms with Crippen LogP contribution in [0.5, 0.6) is 17.2 Å². The van der Waals surface area contributed by atoms with Gasteiger partial charge in [-0.3, -0.25) is 0 Å². The average molecular weight is 459 g/mol. The summed E-state index contributed by atoms with van der Waals surface area (Å²) < 4.78 is 32.1. The van der Waals surface area contributed by atoms with E-state index in [1.54, 1.807) is 21.3 Å². The van der Waals surface area contributed by atoms with Crippen molar-refractivity contribution < 1.29 is 23.7 Å². The Kier molecular flexibility index (Phi) is 7.14. The number of methoxy groups -OCH3 is 3. The maximum Gasteiger partial charge on any atom is 0.169 e. The fraction of sp³-hybridized carbons (Fsp3) is 0.172. The second-order valence-electron chi connectivity index (χ2n) is 7.75. The third-order valence-electron chi connectivity index (χ3n) is 5.92. The molecule has 4 nitrogen and oxygen atoms in total. The number of benzene rings is 4. The minimum Gasteiger partial charge on any atom is -0.497 e. The van der Waals surface area contributed by atoms with Crippen molar-refractivity contribution in [3.63, 3.8) is 0 Å². The molecule has 4 aromatic carbocycles. The molecule has 0 atom stereocenters. The van der Waals surface area contributed by atoms with Crippen molar-refractivity contribution in [3.8, 4) is 50.6 Å². The molecule has 5 heteroatoms. The van der Waals surface area contributed by atoms with Gasteiger partial charge in [0.25, 0.3) is 0 Å². The van der Waals surface area contributed by atoms with Crippen molar-refractivity contribution in [2.45, 2.75) is 13.3 Å². The molecule has 0 heterocycles. The summed E-state index contributed by atoms with van der Waals surface area (Å²) in [6.45, 7) is -0.770. The smallest absolute Gasteiger partial charge is 0.169 e. The Balaban J connectivity index is 2.15. The number of aliphatic hydroxyl groups is 1. The number of alkyl halides is 1. The van der Waals surface area contributed by atoms with Crippen LogP contribution in [0.3, 0.4) is 0 Å². The van der Waals surface area contributed by atoms with Gasteiger partial charge in [0.15, 0.2) is 11.5 Å². The first kappa shape index (κ1) is 23.3. The van der Waals surface area contributed by atoms with E-state index in [2.05, 4.69) is 0 Å². The highest BCUT2D eigenvalue weighted by molar-refractivity contribution is 5.98. The normalized spacial score (nSPS) is 10.7. The summed E-state index contributed by atoms with van der Waals surface area (Å²) in [5.41, 5.74) is 5.87. The third kappa shape index (κ3) is 4.22. The standard InChI is InChI=1S/C29H27FO4/c1-32-23-15-13-22(14-16-23)27-25(21-11-9-19(18-31)10-12-21)24(17-30)26(20-7-5-4-6-8-20)28(33-2)29(27)34-3/h4-16,31H,17-18H2,1-3H3. The molecule has 174 valence electrons. The molecule has 0 fully saturated rings. The fourth-order valence-corrected chi connectivity index (χ4v) is 4.32. The molecular weight excluding hydrogens is 431 g/mol. The molecule has 0 aliphatic rings. The lowest BCUT2D eigenvalue weighted by atomic mass is 9.84. The zero-order valence-electron chi connectivity index (χ0n) is 19.5. The van der Waals surface area contributed by atoms with Crippen LogP contribution in [0.15, 0.2) is 78.9 Å². The first-order valence-corrected chi connectivity index (χ1v) is 10.9. The third-order valence-corrected chi connectivity index (χ3v) is 5.92. The molecule has 34 heavy (non-hydrogen) atoms. The molecule has 4 aromatic rings. The van der Waals surface area contributed by atoms with Crippen LogP contribution in [0.25, 0.3) is 33.4 Å². The summed E-state index contributed by atoms with van der Waals surface area (Å²) >= 11 is 0. The molecule has 0 bridgehead atoms. The molecular formula is C29H27FO4. The van der Waals surface area contributed by atoms with Gasteiger partial charge in [0, 0.05) is 16.7 Å². The van der Waals surface area contributed by atoms with Gasteiger partial charge in [-0.25, -0.2) is 4.39 Å². The molecule has 0 aliphatic carbocycles. The van der Waals surface area contributed by atoms with E-state index in [0.717, 1.165) is 33.6 Å². The maximum atomic E-state index is 15.0. The Morgan fingerprint density at radius 3 is 1.68 bits per heavy atom. The van der Waals surface area contributed by atoms with E-state index in [1.165, 1.54) is 0 Å². The lowest BCUT2D eigenvalue weighted by molar-refractivity contribution is 0.282. The number of hydrogen-bond donors (Lipinski definition) is 1. The van der Waals surface area contributed by atoms with Crippen molar-refractivity contribution in [3.05, 3.63) is 90.0 Å².